The van der Waals surface area contributed by atoms with Crippen LogP contribution in [0.3, 0.4) is 0 Å². The fourth-order valence-corrected chi connectivity index (χ4v) is 3.34. The largest absolute Gasteiger partial charge is 0.381 e. The van der Waals surface area contributed by atoms with Crippen LogP contribution in [0.15, 0.2) is 0 Å². The summed E-state index contributed by atoms with van der Waals surface area (Å²) in [6, 6.07) is 0. The van der Waals surface area contributed by atoms with Crippen LogP contribution in [-0.2, 0) is 4.74 Å². The van der Waals surface area contributed by atoms with E-state index in [2.05, 4.69) is 17.1 Å². The third-order valence-electron chi connectivity index (χ3n) is 4.53. The van der Waals surface area contributed by atoms with Gasteiger partial charge < -0.3 is 10.1 Å². The van der Waals surface area contributed by atoms with Crippen LogP contribution in [0.4, 0.5) is 0 Å². The van der Waals surface area contributed by atoms with Gasteiger partial charge in [0.1, 0.15) is 0 Å². The molecule has 0 aromatic heterocycles. The van der Waals surface area contributed by atoms with Crippen molar-refractivity contribution in [2.24, 2.45) is 11.8 Å². The van der Waals surface area contributed by atoms with Crippen LogP contribution in [0, 0.1) is 11.8 Å². The Labute approximate surface area is 98.5 Å². The summed E-state index contributed by atoms with van der Waals surface area (Å²) in [6.07, 6.45) is 4.14. The summed E-state index contributed by atoms with van der Waals surface area (Å²) in [6.45, 7) is 9.28. The molecular weight excluding hydrogens is 200 g/mol. The molecule has 2 heterocycles. The van der Waals surface area contributed by atoms with Crippen molar-refractivity contribution in [2.45, 2.75) is 31.7 Å². The standard InChI is InChI=1S/C13H24N2O/c1-13(12-2-3-12)10-15(6-5-14-13)8-11-4-7-16-9-11/h11-12,14H,2-10H2,1H3. The van der Waals surface area contributed by atoms with E-state index in [9.17, 15) is 0 Å². The van der Waals surface area contributed by atoms with Crippen molar-refractivity contribution >= 4 is 0 Å². The van der Waals surface area contributed by atoms with Gasteiger partial charge in [-0.15, -0.1) is 0 Å². The van der Waals surface area contributed by atoms with Crippen LogP contribution in [0.5, 0.6) is 0 Å². The molecule has 3 aliphatic rings. The maximum absolute atomic E-state index is 5.47. The van der Waals surface area contributed by atoms with Gasteiger partial charge in [-0.3, -0.25) is 4.90 Å². The molecule has 3 nitrogen and oxygen atoms in total. The molecule has 0 aromatic carbocycles. The number of nitrogens with zero attached hydrogens (tertiary/aromatic N) is 1. The molecule has 0 bridgehead atoms. The molecule has 1 N–H and O–H groups in total. The molecule has 2 atom stereocenters. The second-order valence-corrected chi connectivity index (χ2v) is 6.08. The number of piperazine rings is 1. The number of ether oxygens (including phenoxy) is 1. The predicted octanol–water partition coefficient (Wildman–Crippen LogP) is 1.10. The first-order chi connectivity index (χ1) is 7.76. The molecule has 16 heavy (non-hydrogen) atoms. The van der Waals surface area contributed by atoms with Crippen LogP contribution in [0.2, 0.25) is 0 Å². The third kappa shape index (κ3) is 2.27. The van der Waals surface area contributed by atoms with Crippen LogP contribution < -0.4 is 5.32 Å². The van der Waals surface area contributed by atoms with Crippen molar-refractivity contribution in [3.05, 3.63) is 0 Å². The zero-order chi connectivity index (χ0) is 11.0. The Morgan fingerprint density at radius 2 is 2.25 bits per heavy atom. The van der Waals surface area contributed by atoms with Crippen LogP contribution >= 0.6 is 0 Å². The van der Waals surface area contributed by atoms with Gasteiger partial charge in [0.15, 0.2) is 0 Å². The smallest absolute Gasteiger partial charge is 0.0507 e. The highest BCUT2D eigenvalue weighted by molar-refractivity contribution is 5.02. The number of hydrogen-bond acceptors (Lipinski definition) is 3. The van der Waals surface area contributed by atoms with E-state index in [1.54, 1.807) is 0 Å². The maximum Gasteiger partial charge on any atom is 0.0507 e. The van der Waals surface area contributed by atoms with Gasteiger partial charge in [0.05, 0.1) is 6.61 Å². The van der Waals surface area contributed by atoms with Crippen molar-refractivity contribution in [2.75, 3.05) is 39.4 Å². The van der Waals surface area contributed by atoms with E-state index in [0.717, 1.165) is 25.0 Å². The van der Waals surface area contributed by atoms with Crippen molar-refractivity contribution in [1.82, 2.24) is 10.2 Å². The summed E-state index contributed by atoms with van der Waals surface area (Å²) < 4.78 is 5.47. The fraction of sp³-hybridized carbons (Fsp3) is 1.00. The molecule has 1 aliphatic carbocycles. The average Bonchev–Trinajstić information content (AvgIpc) is 3.01. The first kappa shape index (κ1) is 11.0. The monoisotopic (exact) mass is 224 g/mol. The molecule has 2 saturated heterocycles. The van der Waals surface area contributed by atoms with Crippen molar-refractivity contribution in [3.63, 3.8) is 0 Å². The average molecular weight is 224 g/mol. The SMILES string of the molecule is CC1(C2CC2)CN(CC2CCOC2)CCN1. The second kappa shape index (κ2) is 4.28. The summed E-state index contributed by atoms with van der Waals surface area (Å²) >= 11 is 0. The minimum Gasteiger partial charge on any atom is -0.381 e. The first-order valence-corrected chi connectivity index (χ1v) is 6.81. The lowest BCUT2D eigenvalue weighted by Gasteiger charge is -2.42. The highest BCUT2D eigenvalue weighted by atomic mass is 16.5. The lowest BCUT2D eigenvalue weighted by molar-refractivity contribution is 0.105. The van der Waals surface area contributed by atoms with Gasteiger partial charge in [0.2, 0.25) is 0 Å². The van der Waals surface area contributed by atoms with Crippen molar-refractivity contribution in [3.8, 4) is 0 Å². The highest BCUT2D eigenvalue weighted by Gasteiger charge is 2.43. The van der Waals surface area contributed by atoms with Gasteiger partial charge >= 0.3 is 0 Å². The normalized spacial score (nSPS) is 41.4. The Kier molecular flexibility index (Phi) is 2.94. The van der Waals surface area contributed by atoms with Gasteiger partial charge in [-0.05, 0) is 38.0 Å². The van der Waals surface area contributed by atoms with E-state index < -0.39 is 0 Å². The minimum absolute atomic E-state index is 0.401. The van der Waals surface area contributed by atoms with Crippen molar-refractivity contribution in [1.29, 1.82) is 0 Å². The molecule has 0 aromatic rings. The van der Waals surface area contributed by atoms with Gasteiger partial charge in [-0.1, -0.05) is 0 Å². The Hall–Kier alpha value is -0.120. The lowest BCUT2D eigenvalue weighted by Crippen LogP contribution is -2.60. The van der Waals surface area contributed by atoms with E-state index in [4.69, 9.17) is 4.74 Å². The zero-order valence-corrected chi connectivity index (χ0v) is 10.4. The van der Waals surface area contributed by atoms with Gasteiger partial charge in [-0.25, -0.2) is 0 Å². The van der Waals surface area contributed by atoms with Crippen LogP contribution in [-0.4, -0.2) is 49.8 Å². The Morgan fingerprint density at radius 1 is 1.38 bits per heavy atom. The van der Waals surface area contributed by atoms with Gasteiger partial charge in [-0.2, -0.15) is 0 Å². The summed E-state index contributed by atoms with van der Waals surface area (Å²) in [5.74, 6) is 1.73. The van der Waals surface area contributed by atoms with Crippen LogP contribution in [0.25, 0.3) is 0 Å². The third-order valence-corrected chi connectivity index (χ3v) is 4.53. The lowest BCUT2D eigenvalue weighted by atomic mass is 9.92. The molecule has 2 aliphatic heterocycles. The van der Waals surface area contributed by atoms with E-state index in [1.165, 1.54) is 45.4 Å². The number of hydrogen-bond donors (Lipinski definition) is 1. The van der Waals surface area contributed by atoms with E-state index >= 15 is 0 Å². The Morgan fingerprint density at radius 3 is 2.94 bits per heavy atom. The molecular formula is C13H24N2O. The van der Waals surface area contributed by atoms with Gasteiger partial charge in [0, 0.05) is 38.3 Å². The molecule has 3 rings (SSSR count). The molecule has 1 saturated carbocycles. The Bertz CT molecular complexity index is 248. The molecule has 0 amide bonds. The quantitative estimate of drug-likeness (QED) is 0.777. The van der Waals surface area contributed by atoms with Crippen LogP contribution in [0.1, 0.15) is 26.2 Å². The summed E-state index contributed by atoms with van der Waals surface area (Å²) in [5, 5.41) is 3.74. The maximum atomic E-state index is 5.47. The fourth-order valence-electron chi connectivity index (χ4n) is 3.34. The molecule has 0 radical (unpaired) electrons. The molecule has 3 fully saturated rings. The zero-order valence-electron chi connectivity index (χ0n) is 10.4. The summed E-state index contributed by atoms with van der Waals surface area (Å²) in [4.78, 5) is 2.66. The van der Waals surface area contributed by atoms with E-state index in [0.29, 0.717) is 5.54 Å². The summed E-state index contributed by atoms with van der Waals surface area (Å²) in [7, 11) is 0. The second-order valence-electron chi connectivity index (χ2n) is 6.08. The van der Waals surface area contributed by atoms with E-state index in [1.807, 2.05) is 0 Å². The van der Waals surface area contributed by atoms with Gasteiger partial charge in [0.25, 0.3) is 0 Å². The highest BCUT2D eigenvalue weighted by Crippen LogP contribution is 2.40. The first-order valence-electron chi connectivity index (χ1n) is 6.81. The molecule has 2 unspecified atom stereocenters. The summed E-state index contributed by atoms with van der Waals surface area (Å²) in [5.41, 5.74) is 0.401. The minimum atomic E-state index is 0.401. The van der Waals surface area contributed by atoms with Crippen molar-refractivity contribution < 1.29 is 4.74 Å². The Balaban J connectivity index is 1.54. The molecule has 92 valence electrons. The topological polar surface area (TPSA) is 24.5 Å². The molecule has 3 heteroatoms. The van der Waals surface area contributed by atoms with E-state index in [-0.39, 0.29) is 0 Å². The number of nitrogens with one attached hydrogen (secondary N) is 1. The molecule has 0 spiro atoms. The predicted molar refractivity (Wildman–Crippen MR) is 64.5 cm³/mol. The number of rotatable bonds is 3.